The summed E-state index contributed by atoms with van der Waals surface area (Å²) < 4.78 is 0. The summed E-state index contributed by atoms with van der Waals surface area (Å²) in [6.07, 6.45) is 9.82. The van der Waals surface area contributed by atoms with Crippen molar-refractivity contribution < 1.29 is 9.59 Å². The Morgan fingerprint density at radius 1 is 0.879 bits per heavy atom. The zero-order valence-electron chi connectivity index (χ0n) is 21.1. The third-order valence-corrected chi connectivity index (χ3v) is 7.41. The van der Waals surface area contributed by atoms with Crippen molar-refractivity contribution in [2.45, 2.75) is 71.6 Å². The Bertz CT molecular complexity index is 635. The fourth-order valence-electron chi connectivity index (χ4n) is 5.53. The minimum Gasteiger partial charge on any atom is -0.356 e. The topological polar surface area (TPSA) is 68.2 Å². The predicted octanol–water partition coefficient (Wildman–Crippen LogP) is 3.58. The van der Waals surface area contributed by atoms with Crippen molar-refractivity contribution in [3.63, 3.8) is 0 Å². The van der Waals surface area contributed by atoms with Crippen LogP contribution in [0.4, 0.5) is 0 Å². The van der Waals surface area contributed by atoms with Crippen molar-refractivity contribution >= 4 is 41.8 Å². The van der Waals surface area contributed by atoms with E-state index in [1.165, 1.54) is 25.7 Å². The van der Waals surface area contributed by atoms with E-state index in [1.807, 2.05) is 16.8 Å². The van der Waals surface area contributed by atoms with Crippen molar-refractivity contribution in [1.29, 1.82) is 0 Å². The molecular weight excluding hydrogens is 529 g/mol. The van der Waals surface area contributed by atoms with E-state index >= 15 is 0 Å². The number of likely N-dealkylation sites (tertiary alicyclic amines) is 1. The van der Waals surface area contributed by atoms with Crippen LogP contribution in [0, 0.1) is 17.8 Å². The maximum atomic E-state index is 12.5. The van der Waals surface area contributed by atoms with Crippen LogP contribution in [0.3, 0.4) is 0 Å². The Kier molecular flexibility index (Phi) is 12.3. The lowest BCUT2D eigenvalue weighted by molar-refractivity contribution is -0.140. The van der Waals surface area contributed by atoms with E-state index in [0.717, 1.165) is 56.7 Å². The molecule has 1 N–H and O–H groups in total. The van der Waals surface area contributed by atoms with Crippen molar-refractivity contribution in [3.05, 3.63) is 0 Å². The molecular formula is C25H46IN5O2. The maximum Gasteiger partial charge on any atom is 0.222 e. The summed E-state index contributed by atoms with van der Waals surface area (Å²) in [5.41, 5.74) is 0. The summed E-state index contributed by atoms with van der Waals surface area (Å²) in [6.45, 7) is 10.1. The molecule has 0 aromatic rings. The van der Waals surface area contributed by atoms with Gasteiger partial charge in [0.05, 0.1) is 0 Å². The van der Waals surface area contributed by atoms with Gasteiger partial charge in [-0.1, -0.05) is 33.1 Å². The van der Waals surface area contributed by atoms with Gasteiger partial charge in [-0.2, -0.15) is 0 Å². The first kappa shape index (κ1) is 28.2. The lowest BCUT2D eigenvalue weighted by Gasteiger charge is -2.35. The van der Waals surface area contributed by atoms with Crippen LogP contribution in [-0.4, -0.2) is 85.3 Å². The predicted molar refractivity (Wildman–Crippen MR) is 145 cm³/mol. The van der Waals surface area contributed by atoms with Gasteiger partial charge < -0.3 is 20.0 Å². The molecule has 1 aliphatic carbocycles. The third-order valence-electron chi connectivity index (χ3n) is 7.41. The fourth-order valence-corrected chi connectivity index (χ4v) is 5.53. The van der Waals surface area contributed by atoms with Crippen LogP contribution >= 0.6 is 24.0 Å². The second-order valence-electron chi connectivity index (χ2n) is 10.4. The highest BCUT2D eigenvalue weighted by Crippen LogP contribution is 2.35. The lowest BCUT2D eigenvalue weighted by atomic mass is 9.82. The SMILES string of the molecule is CN=C(NCCCCCC(=O)N1CCN(C(=O)CC(C)C)CC1)N1CC2CCCCC2C1.I. The smallest absolute Gasteiger partial charge is 0.222 e. The van der Waals surface area contributed by atoms with Gasteiger partial charge >= 0.3 is 0 Å². The van der Waals surface area contributed by atoms with E-state index < -0.39 is 0 Å². The fraction of sp³-hybridized carbons (Fsp3) is 0.880. The highest BCUT2D eigenvalue weighted by Gasteiger charge is 2.35. The molecule has 3 aliphatic rings. The molecule has 2 aliphatic heterocycles. The van der Waals surface area contributed by atoms with E-state index in [2.05, 4.69) is 29.1 Å². The van der Waals surface area contributed by atoms with Gasteiger partial charge in [0.15, 0.2) is 5.96 Å². The molecule has 2 amide bonds. The molecule has 8 heteroatoms. The molecule has 1 saturated carbocycles. The van der Waals surface area contributed by atoms with Crippen LogP contribution in [0.15, 0.2) is 4.99 Å². The first-order chi connectivity index (χ1) is 15.5. The maximum absolute atomic E-state index is 12.5. The van der Waals surface area contributed by atoms with Gasteiger partial charge in [0.2, 0.25) is 11.8 Å². The van der Waals surface area contributed by atoms with Gasteiger partial charge in [0.25, 0.3) is 0 Å². The second kappa shape index (κ2) is 14.4. The van der Waals surface area contributed by atoms with Gasteiger partial charge in [0, 0.05) is 65.7 Å². The molecule has 0 spiro atoms. The Balaban J connectivity index is 0.00000385. The number of carbonyl (C=O) groups excluding carboxylic acids is 2. The van der Waals surface area contributed by atoms with Gasteiger partial charge in [-0.25, -0.2) is 0 Å². The molecule has 2 unspecified atom stereocenters. The van der Waals surface area contributed by atoms with Crippen LogP contribution in [0.2, 0.25) is 0 Å². The standard InChI is InChI=1S/C25H45N5O2.HI/c1-20(2)17-24(32)29-15-13-28(14-16-29)23(31)11-5-4-8-12-27-25(26-3)30-18-21-9-6-7-10-22(21)19-30;/h20-22H,4-19H2,1-3H3,(H,26,27);1H. The van der Waals surface area contributed by atoms with Gasteiger partial charge in [-0.15, -0.1) is 24.0 Å². The summed E-state index contributed by atoms with van der Waals surface area (Å²) in [5.74, 6) is 3.63. The van der Waals surface area contributed by atoms with Crippen molar-refractivity contribution in [2.75, 3.05) is 52.9 Å². The zero-order chi connectivity index (χ0) is 22.9. The number of hydrogen-bond donors (Lipinski definition) is 1. The highest BCUT2D eigenvalue weighted by atomic mass is 127. The number of guanidine groups is 1. The number of carbonyl (C=O) groups is 2. The number of aliphatic imine (C=N–C) groups is 1. The molecule has 2 heterocycles. The van der Waals surface area contributed by atoms with Crippen LogP contribution in [0.5, 0.6) is 0 Å². The summed E-state index contributed by atoms with van der Waals surface area (Å²) in [6, 6.07) is 0. The molecule has 0 bridgehead atoms. The molecule has 7 nitrogen and oxygen atoms in total. The number of hydrogen-bond acceptors (Lipinski definition) is 3. The molecule has 3 fully saturated rings. The van der Waals surface area contributed by atoms with Crippen LogP contribution in [-0.2, 0) is 9.59 Å². The van der Waals surface area contributed by atoms with Gasteiger partial charge in [-0.05, 0) is 43.4 Å². The molecule has 0 radical (unpaired) electrons. The summed E-state index contributed by atoms with van der Waals surface area (Å²) >= 11 is 0. The number of nitrogens with one attached hydrogen (secondary N) is 1. The average Bonchev–Trinajstić information content (AvgIpc) is 3.22. The van der Waals surface area contributed by atoms with E-state index in [1.54, 1.807) is 0 Å². The van der Waals surface area contributed by atoms with E-state index in [4.69, 9.17) is 0 Å². The van der Waals surface area contributed by atoms with E-state index in [9.17, 15) is 9.59 Å². The largest absolute Gasteiger partial charge is 0.356 e. The second-order valence-corrected chi connectivity index (χ2v) is 10.4. The highest BCUT2D eigenvalue weighted by molar-refractivity contribution is 14.0. The number of piperazine rings is 1. The molecule has 33 heavy (non-hydrogen) atoms. The average molecular weight is 576 g/mol. The minimum absolute atomic E-state index is 0. The Hall–Kier alpha value is -1.06. The van der Waals surface area contributed by atoms with Gasteiger partial charge in [-0.3, -0.25) is 14.6 Å². The Labute approximate surface area is 218 Å². The molecule has 0 aromatic heterocycles. The summed E-state index contributed by atoms with van der Waals surface area (Å²) in [5, 5.41) is 3.54. The Morgan fingerprint density at radius 2 is 1.45 bits per heavy atom. The lowest BCUT2D eigenvalue weighted by Crippen LogP contribution is -2.50. The van der Waals surface area contributed by atoms with Crippen LogP contribution in [0.25, 0.3) is 0 Å². The molecule has 2 saturated heterocycles. The number of nitrogens with zero attached hydrogens (tertiary/aromatic N) is 4. The first-order valence-electron chi connectivity index (χ1n) is 13.0. The van der Waals surface area contributed by atoms with E-state index in [-0.39, 0.29) is 35.8 Å². The minimum atomic E-state index is 0. The van der Waals surface area contributed by atoms with Gasteiger partial charge in [0.1, 0.15) is 0 Å². The number of fused-ring (bicyclic) bond motifs is 1. The summed E-state index contributed by atoms with van der Waals surface area (Å²) in [4.78, 5) is 35.5. The molecule has 190 valence electrons. The number of rotatable bonds is 8. The van der Waals surface area contributed by atoms with Crippen LogP contribution in [0.1, 0.15) is 71.6 Å². The molecule has 3 rings (SSSR count). The number of amides is 2. The van der Waals surface area contributed by atoms with Crippen LogP contribution < -0.4 is 5.32 Å². The molecule has 2 atom stereocenters. The van der Waals surface area contributed by atoms with Crippen molar-refractivity contribution in [3.8, 4) is 0 Å². The third kappa shape index (κ3) is 8.58. The first-order valence-corrected chi connectivity index (χ1v) is 13.0. The Morgan fingerprint density at radius 3 is 2.00 bits per heavy atom. The number of halogens is 1. The van der Waals surface area contributed by atoms with Crippen molar-refractivity contribution in [1.82, 2.24) is 20.0 Å². The monoisotopic (exact) mass is 575 g/mol. The zero-order valence-corrected chi connectivity index (χ0v) is 23.4. The summed E-state index contributed by atoms with van der Waals surface area (Å²) in [7, 11) is 1.89. The van der Waals surface area contributed by atoms with Crippen molar-refractivity contribution in [2.24, 2.45) is 22.7 Å². The normalized spacial score (nSPS) is 23.4. The van der Waals surface area contributed by atoms with E-state index in [0.29, 0.717) is 44.9 Å². The number of unbranched alkanes of at least 4 members (excludes halogenated alkanes) is 2. The molecule has 0 aromatic carbocycles. The quantitative estimate of drug-likeness (QED) is 0.208.